The molecule has 2 aromatic heterocycles. The van der Waals surface area contributed by atoms with Gasteiger partial charge in [-0.25, -0.2) is 13.9 Å². The molecule has 0 bridgehead atoms. The van der Waals surface area contributed by atoms with Crippen LogP contribution in [0.15, 0.2) is 36.5 Å². The number of ether oxygens (including phenoxy) is 2. The lowest BCUT2D eigenvalue weighted by atomic mass is 9.88. The molecule has 2 N–H and O–H groups in total. The number of alkyl halides is 1. The van der Waals surface area contributed by atoms with Crippen LogP contribution in [-0.4, -0.2) is 99.8 Å². The van der Waals surface area contributed by atoms with Gasteiger partial charge in [-0.3, -0.25) is 15.0 Å². The molecule has 1 spiro atoms. The molecular weight excluding hydrogens is 665 g/mol. The number of rotatable bonds is 6. The van der Waals surface area contributed by atoms with E-state index < -0.39 is 17.7 Å². The first kappa shape index (κ1) is 32.1. The van der Waals surface area contributed by atoms with Crippen molar-refractivity contribution in [3.63, 3.8) is 0 Å². The number of piperidine rings is 1. The fraction of sp³-hybridized carbons (Fsp3) is 0.553. The molecule has 6 aliphatic rings. The lowest BCUT2D eigenvalue weighted by Gasteiger charge is -2.40. The molecule has 8 heterocycles. The molecule has 13 nitrogen and oxygen atoms in total. The first-order valence-electron chi connectivity index (χ1n) is 18.9. The topological polar surface area (TPSA) is 130 Å². The number of fused-ring (bicyclic) bond motifs is 4. The average molecular weight is 710 g/mol. The highest BCUT2D eigenvalue weighted by molar-refractivity contribution is 6.10. The fourth-order valence-corrected chi connectivity index (χ4v) is 9.92. The van der Waals surface area contributed by atoms with E-state index in [-0.39, 0.29) is 23.7 Å². The number of hydrogen-bond acceptors (Lipinski definition) is 10. The van der Waals surface area contributed by atoms with Gasteiger partial charge in [-0.1, -0.05) is 24.3 Å². The van der Waals surface area contributed by atoms with E-state index in [0.717, 1.165) is 96.2 Å². The zero-order chi connectivity index (χ0) is 35.0. The average Bonchev–Trinajstić information content (AvgIpc) is 3.90. The van der Waals surface area contributed by atoms with Crippen LogP contribution in [0.3, 0.4) is 0 Å². The summed E-state index contributed by atoms with van der Waals surface area (Å²) < 4.78 is 29.4. The molecule has 4 atom stereocenters. The summed E-state index contributed by atoms with van der Waals surface area (Å²) in [5.74, 6) is 0.447. The van der Waals surface area contributed by atoms with Crippen LogP contribution in [0.4, 0.5) is 20.7 Å². The molecule has 0 aliphatic carbocycles. The van der Waals surface area contributed by atoms with Crippen LogP contribution >= 0.6 is 0 Å². The summed E-state index contributed by atoms with van der Waals surface area (Å²) >= 11 is 0. The molecule has 3 amide bonds. The summed E-state index contributed by atoms with van der Waals surface area (Å²) in [5, 5.41) is 13.6. The highest BCUT2D eigenvalue weighted by Gasteiger charge is 2.51. The van der Waals surface area contributed by atoms with Gasteiger partial charge in [0.15, 0.2) is 6.23 Å². The van der Waals surface area contributed by atoms with E-state index in [1.807, 2.05) is 6.20 Å². The van der Waals surface area contributed by atoms with E-state index in [2.05, 4.69) is 60.3 Å². The second-order valence-electron chi connectivity index (χ2n) is 15.6. The number of carbonyl (C=O) groups is 2. The Morgan fingerprint density at radius 2 is 1.92 bits per heavy atom. The van der Waals surface area contributed by atoms with Crippen LogP contribution in [0, 0.1) is 0 Å². The SMILES string of the molecule is O=C1NC(=O)C2(CCCN(c3nc(OC[C@@]45CCCN4C[C@H](F)C5)nc4c3CCN(c3c5ccccc5cc5c3cnn5C3CCCCO3)C4)C2)N1. The maximum atomic E-state index is 14.7. The van der Waals surface area contributed by atoms with Crippen molar-refractivity contribution in [1.29, 1.82) is 0 Å². The van der Waals surface area contributed by atoms with Crippen molar-refractivity contribution >= 4 is 45.1 Å². The summed E-state index contributed by atoms with van der Waals surface area (Å²) in [6, 6.07) is 10.5. The number of benzene rings is 2. The first-order chi connectivity index (χ1) is 25.4. The normalized spacial score (nSPS) is 29.2. The minimum Gasteiger partial charge on any atom is -0.461 e. The van der Waals surface area contributed by atoms with Crippen molar-refractivity contribution in [2.24, 2.45) is 0 Å². The molecule has 4 aromatic rings. The minimum absolute atomic E-state index is 0.0836. The van der Waals surface area contributed by atoms with E-state index >= 15 is 0 Å². The van der Waals surface area contributed by atoms with Crippen LogP contribution in [0.25, 0.3) is 21.7 Å². The quantitative estimate of drug-likeness (QED) is 0.279. The second-order valence-corrected chi connectivity index (χ2v) is 15.6. The lowest BCUT2D eigenvalue weighted by Crippen LogP contribution is -2.59. The van der Waals surface area contributed by atoms with Crippen molar-refractivity contribution < 1.29 is 23.5 Å². The number of nitrogens with zero attached hydrogens (tertiary/aromatic N) is 7. The van der Waals surface area contributed by atoms with Gasteiger partial charge in [0.1, 0.15) is 24.1 Å². The van der Waals surface area contributed by atoms with Gasteiger partial charge in [0.2, 0.25) is 0 Å². The Morgan fingerprint density at radius 1 is 1.02 bits per heavy atom. The molecule has 5 saturated heterocycles. The van der Waals surface area contributed by atoms with Crippen LogP contribution in [0.5, 0.6) is 6.01 Å². The monoisotopic (exact) mass is 709 g/mol. The van der Waals surface area contributed by atoms with Gasteiger partial charge < -0.3 is 24.6 Å². The maximum absolute atomic E-state index is 14.7. The van der Waals surface area contributed by atoms with E-state index in [1.165, 1.54) is 0 Å². The third-order valence-corrected chi connectivity index (χ3v) is 12.4. The van der Waals surface area contributed by atoms with Crippen molar-refractivity contribution in [3.05, 3.63) is 47.8 Å². The Labute approximate surface area is 300 Å². The summed E-state index contributed by atoms with van der Waals surface area (Å²) in [7, 11) is 0. The van der Waals surface area contributed by atoms with Gasteiger partial charge in [-0.05, 0) is 69.4 Å². The van der Waals surface area contributed by atoms with Crippen molar-refractivity contribution in [2.75, 3.05) is 55.7 Å². The number of carbonyl (C=O) groups excluding carboxylic acids is 2. The highest BCUT2D eigenvalue weighted by Crippen LogP contribution is 2.43. The Morgan fingerprint density at radius 3 is 2.79 bits per heavy atom. The van der Waals surface area contributed by atoms with Crippen LogP contribution in [0.1, 0.15) is 68.9 Å². The van der Waals surface area contributed by atoms with Crippen molar-refractivity contribution in [3.8, 4) is 6.01 Å². The van der Waals surface area contributed by atoms with E-state index in [4.69, 9.17) is 24.5 Å². The number of amides is 3. The van der Waals surface area contributed by atoms with Gasteiger partial charge in [0.05, 0.1) is 41.7 Å². The van der Waals surface area contributed by atoms with Gasteiger partial charge in [0.25, 0.3) is 5.91 Å². The van der Waals surface area contributed by atoms with Gasteiger partial charge >= 0.3 is 12.0 Å². The molecule has 10 rings (SSSR count). The molecule has 6 aliphatic heterocycles. The lowest BCUT2D eigenvalue weighted by molar-refractivity contribution is -0.124. The Kier molecular flexibility index (Phi) is 7.57. The summed E-state index contributed by atoms with van der Waals surface area (Å²) in [5.41, 5.74) is 2.71. The molecule has 272 valence electrons. The molecular formula is C38H44FN9O4. The second kappa shape index (κ2) is 12.3. The van der Waals surface area contributed by atoms with Gasteiger partial charge in [0, 0.05) is 49.0 Å². The van der Waals surface area contributed by atoms with Crippen LogP contribution in [-0.2, 0) is 22.5 Å². The molecule has 0 radical (unpaired) electrons. The van der Waals surface area contributed by atoms with E-state index in [1.54, 1.807) is 0 Å². The van der Waals surface area contributed by atoms with Crippen LogP contribution in [0.2, 0.25) is 0 Å². The smallest absolute Gasteiger partial charge is 0.322 e. The summed E-state index contributed by atoms with van der Waals surface area (Å²) in [4.78, 5) is 42.2. The molecule has 14 heteroatoms. The number of hydrogen-bond donors (Lipinski definition) is 2. The van der Waals surface area contributed by atoms with Crippen molar-refractivity contribution in [1.82, 2.24) is 35.3 Å². The zero-order valence-corrected chi connectivity index (χ0v) is 29.3. The van der Waals surface area contributed by atoms with Crippen LogP contribution < -0.4 is 25.2 Å². The fourth-order valence-electron chi connectivity index (χ4n) is 9.92. The minimum atomic E-state index is -1.01. The van der Waals surface area contributed by atoms with Gasteiger partial charge in [-0.15, -0.1) is 0 Å². The molecule has 52 heavy (non-hydrogen) atoms. The standard InChI is InChI=1S/C38H44FN9O4/c39-25-18-37(11-5-14-47(37)20-25)23-52-36-41-29-21-45(15-10-27(29)33(42-36)46-13-6-12-38(22-46)34(49)43-35(50)44-38)32-26-8-2-1-7-24(26)17-30-28(32)19-40-48(30)31-9-3-4-16-51-31/h1-2,7-8,17,19,25,31H,3-6,9-16,18,20-23H2,(H2,43,44,49,50)/t25-,31?,37+,38?/m1/s1. The number of nitrogens with one attached hydrogen (secondary N) is 2. The third-order valence-electron chi connectivity index (χ3n) is 12.4. The molecule has 2 aromatic carbocycles. The number of urea groups is 1. The Bertz CT molecular complexity index is 2090. The summed E-state index contributed by atoms with van der Waals surface area (Å²) in [6.45, 7) is 4.63. The number of aromatic nitrogens is 4. The first-order valence-corrected chi connectivity index (χ1v) is 18.9. The number of imide groups is 1. The molecule has 0 saturated carbocycles. The van der Waals surface area contributed by atoms with E-state index in [9.17, 15) is 14.0 Å². The third kappa shape index (κ3) is 5.19. The predicted octanol–water partition coefficient (Wildman–Crippen LogP) is 4.37. The zero-order valence-electron chi connectivity index (χ0n) is 29.3. The largest absolute Gasteiger partial charge is 0.461 e. The maximum Gasteiger partial charge on any atom is 0.322 e. The van der Waals surface area contributed by atoms with Crippen molar-refractivity contribution in [2.45, 2.75) is 87.8 Å². The number of anilines is 2. The van der Waals surface area contributed by atoms with Gasteiger partial charge in [-0.2, -0.15) is 15.1 Å². The van der Waals surface area contributed by atoms with E-state index in [0.29, 0.717) is 58.5 Å². The number of halogens is 1. The highest BCUT2D eigenvalue weighted by atomic mass is 19.1. The summed E-state index contributed by atoms with van der Waals surface area (Å²) in [6.07, 6.45) is 8.48. The Balaban J connectivity index is 1.04. The predicted molar refractivity (Wildman–Crippen MR) is 192 cm³/mol. The molecule has 5 fully saturated rings. The Hall–Kier alpha value is -4.56. The molecule has 2 unspecified atom stereocenters.